The zero-order valence-electron chi connectivity index (χ0n) is 12.5. The van der Waals surface area contributed by atoms with Gasteiger partial charge in [0, 0.05) is 17.8 Å². The Morgan fingerprint density at radius 2 is 2.18 bits per heavy atom. The normalized spacial score (nSPS) is 17.2. The van der Waals surface area contributed by atoms with Crippen molar-refractivity contribution in [3.05, 3.63) is 57.0 Å². The molecule has 0 bridgehead atoms. The molecule has 4 rings (SSSR count). The number of nitrogens with zero attached hydrogens (tertiary/aromatic N) is 4. The van der Waals surface area contributed by atoms with Crippen LogP contribution in [0.25, 0.3) is 4.96 Å². The van der Waals surface area contributed by atoms with Gasteiger partial charge in [0.2, 0.25) is 4.96 Å². The summed E-state index contributed by atoms with van der Waals surface area (Å²) in [6.45, 7) is 4.75. The van der Waals surface area contributed by atoms with E-state index < -0.39 is 0 Å². The second-order valence-corrected chi connectivity index (χ2v) is 6.87. The average molecular weight is 312 g/mol. The maximum absolute atomic E-state index is 12.2. The van der Waals surface area contributed by atoms with E-state index >= 15 is 0 Å². The summed E-state index contributed by atoms with van der Waals surface area (Å²) in [7, 11) is 0. The molecule has 112 valence electrons. The molecule has 1 aliphatic heterocycles. The Labute approximate surface area is 131 Å². The maximum Gasteiger partial charge on any atom is 0.275 e. The smallest absolute Gasteiger partial charge is 0.275 e. The molecule has 3 heterocycles. The standard InChI is InChI=1S/C16H16N4OS/c1-10-7-12-5-3-4-6-14(12)19(10)9-13-8-15(21)20-16(17-13)22-11(2)18-20/h3-6,8,10H,7,9H2,1-2H3. The summed E-state index contributed by atoms with van der Waals surface area (Å²) in [6.07, 6.45) is 1.04. The second-order valence-electron chi connectivity index (χ2n) is 5.71. The molecule has 0 saturated carbocycles. The summed E-state index contributed by atoms with van der Waals surface area (Å²) in [5.41, 5.74) is 3.31. The van der Waals surface area contributed by atoms with E-state index in [4.69, 9.17) is 0 Å². The molecule has 0 amide bonds. The van der Waals surface area contributed by atoms with Gasteiger partial charge in [0.25, 0.3) is 5.56 Å². The lowest BCUT2D eigenvalue weighted by atomic mass is 10.1. The summed E-state index contributed by atoms with van der Waals surface area (Å²) < 4.78 is 1.38. The Morgan fingerprint density at radius 1 is 1.36 bits per heavy atom. The first-order chi connectivity index (χ1) is 10.6. The molecular weight excluding hydrogens is 296 g/mol. The van der Waals surface area contributed by atoms with E-state index in [1.54, 1.807) is 6.07 Å². The summed E-state index contributed by atoms with van der Waals surface area (Å²) >= 11 is 1.45. The minimum Gasteiger partial charge on any atom is -0.362 e. The monoisotopic (exact) mass is 312 g/mol. The highest BCUT2D eigenvalue weighted by Gasteiger charge is 2.26. The predicted molar refractivity (Wildman–Crippen MR) is 87.7 cm³/mol. The molecule has 0 fully saturated rings. The molecule has 22 heavy (non-hydrogen) atoms. The molecule has 0 N–H and O–H groups in total. The average Bonchev–Trinajstić information content (AvgIpc) is 3.00. The van der Waals surface area contributed by atoms with E-state index in [0.717, 1.165) is 17.1 Å². The zero-order valence-corrected chi connectivity index (χ0v) is 13.3. The Balaban J connectivity index is 1.73. The third-order valence-corrected chi connectivity index (χ3v) is 4.90. The van der Waals surface area contributed by atoms with Crippen LogP contribution in [0.4, 0.5) is 5.69 Å². The fraction of sp³-hybridized carbons (Fsp3) is 0.312. The van der Waals surface area contributed by atoms with Gasteiger partial charge in [0.05, 0.1) is 12.2 Å². The molecule has 1 aromatic carbocycles. The van der Waals surface area contributed by atoms with Gasteiger partial charge in [-0.25, -0.2) is 4.98 Å². The molecule has 0 saturated heterocycles. The van der Waals surface area contributed by atoms with E-state index in [0.29, 0.717) is 17.5 Å². The number of benzene rings is 1. The van der Waals surface area contributed by atoms with Crippen molar-refractivity contribution in [2.24, 2.45) is 0 Å². The highest BCUT2D eigenvalue weighted by molar-refractivity contribution is 7.16. The molecule has 1 unspecified atom stereocenters. The van der Waals surface area contributed by atoms with Gasteiger partial charge in [0.15, 0.2) is 0 Å². The van der Waals surface area contributed by atoms with Crippen molar-refractivity contribution in [2.75, 3.05) is 4.90 Å². The van der Waals surface area contributed by atoms with Gasteiger partial charge in [-0.2, -0.15) is 9.61 Å². The van der Waals surface area contributed by atoms with Gasteiger partial charge in [0.1, 0.15) is 5.01 Å². The highest BCUT2D eigenvalue weighted by Crippen LogP contribution is 2.32. The van der Waals surface area contributed by atoms with Crippen LogP contribution < -0.4 is 10.5 Å². The third kappa shape index (κ3) is 2.11. The maximum atomic E-state index is 12.2. The fourth-order valence-corrected chi connectivity index (χ4v) is 3.84. The van der Waals surface area contributed by atoms with Crippen LogP contribution in [0.15, 0.2) is 35.1 Å². The van der Waals surface area contributed by atoms with E-state index in [-0.39, 0.29) is 5.56 Å². The van der Waals surface area contributed by atoms with Crippen molar-refractivity contribution < 1.29 is 0 Å². The van der Waals surface area contributed by atoms with Gasteiger partial charge in [-0.05, 0) is 31.9 Å². The molecular formula is C16H16N4OS. The summed E-state index contributed by atoms with van der Waals surface area (Å²) in [6, 6.07) is 10.5. The van der Waals surface area contributed by atoms with Crippen molar-refractivity contribution in [3.8, 4) is 0 Å². The lowest BCUT2D eigenvalue weighted by molar-refractivity contribution is 0.663. The second kappa shape index (κ2) is 4.91. The fourth-order valence-electron chi connectivity index (χ4n) is 3.08. The quantitative estimate of drug-likeness (QED) is 0.729. The summed E-state index contributed by atoms with van der Waals surface area (Å²) in [5.74, 6) is 0. The van der Waals surface area contributed by atoms with Crippen LogP contribution in [0.5, 0.6) is 0 Å². The predicted octanol–water partition coefficient (Wildman–Crippen LogP) is 2.41. The van der Waals surface area contributed by atoms with Gasteiger partial charge in [-0.3, -0.25) is 4.79 Å². The summed E-state index contributed by atoms with van der Waals surface area (Å²) in [4.78, 5) is 19.8. The SMILES string of the molecule is Cc1nn2c(=O)cc(CN3c4ccccc4CC3C)nc2s1. The molecule has 1 aliphatic rings. The van der Waals surface area contributed by atoms with Crippen LogP contribution >= 0.6 is 11.3 Å². The van der Waals surface area contributed by atoms with E-state index in [1.807, 2.05) is 6.92 Å². The topological polar surface area (TPSA) is 50.5 Å². The number of para-hydroxylation sites is 1. The minimum absolute atomic E-state index is 0.107. The number of hydrogen-bond donors (Lipinski definition) is 0. The first kappa shape index (κ1) is 13.5. The van der Waals surface area contributed by atoms with Gasteiger partial charge < -0.3 is 4.90 Å². The van der Waals surface area contributed by atoms with E-state index in [1.165, 1.54) is 27.1 Å². The molecule has 6 heteroatoms. The minimum atomic E-state index is -0.107. The van der Waals surface area contributed by atoms with Gasteiger partial charge in [-0.15, -0.1) is 0 Å². The molecule has 0 aliphatic carbocycles. The van der Waals surface area contributed by atoms with Crippen molar-refractivity contribution >= 4 is 22.0 Å². The molecule has 0 spiro atoms. The first-order valence-electron chi connectivity index (χ1n) is 7.33. The van der Waals surface area contributed by atoms with Crippen molar-refractivity contribution in [2.45, 2.75) is 32.9 Å². The number of aryl methyl sites for hydroxylation is 1. The Kier molecular flexibility index (Phi) is 3.00. The summed E-state index contributed by atoms with van der Waals surface area (Å²) in [5, 5.41) is 5.03. The molecule has 5 nitrogen and oxygen atoms in total. The third-order valence-electron chi connectivity index (χ3n) is 4.08. The lowest BCUT2D eigenvalue weighted by Gasteiger charge is -2.24. The van der Waals surface area contributed by atoms with Gasteiger partial charge in [-0.1, -0.05) is 29.5 Å². The molecule has 2 aromatic heterocycles. The van der Waals surface area contributed by atoms with Crippen LogP contribution in [-0.4, -0.2) is 20.6 Å². The molecule has 0 radical (unpaired) electrons. The first-order valence-corrected chi connectivity index (χ1v) is 8.14. The van der Waals surface area contributed by atoms with Crippen LogP contribution in [0.3, 0.4) is 0 Å². The largest absolute Gasteiger partial charge is 0.362 e. The van der Waals surface area contributed by atoms with Crippen molar-refractivity contribution in [1.29, 1.82) is 0 Å². The molecule has 1 atom stereocenters. The zero-order chi connectivity index (χ0) is 15.3. The Morgan fingerprint density at radius 3 is 3.05 bits per heavy atom. The van der Waals surface area contributed by atoms with E-state index in [2.05, 4.69) is 46.2 Å². The lowest BCUT2D eigenvalue weighted by Crippen LogP contribution is -2.30. The number of anilines is 1. The Bertz CT molecular complexity index is 914. The highest BCUT2D eigenvalue weighted by atomic mass is 32.1. The van der Waals surface area contributed by atoms with Crippen LogP contribution in [0.2, 0.25) is 0 Å². The number of aromatic nitrogens is 3. The van der Waals surface area contributed by atoms with Crippen LogP contribution in [0, 0.1) is 6.92 Å². The van der Waals surface area contributed by atoms with Crippen LogP contribution in [0.1, 0.15) is 23.2 Å². The Hall–Kier alpha value is -2.21. The van der Waals surface area contributed by atoms with Crippen molar-refractivity contribution in [3.63, 3.8) is 0 Å². The molecule has 3 aromatic rings. The number of rotatable bonds is 2. The van der Waals surface area contributed by atoms with Crippen molar-refractivity contribution in [1.82, 2.24) is 14.6 Å². The van der Waals surface area contributed by atoms with Gasteiger partial charge >= 0.3 is 0 Å². The number of hydrogen-bond acceptors (Lipinski definition) is 5. The van der Waals surface area contributed by atoms with E-state index in [9.17, 15) is 4.79 Å². The number of fused-ring (bicyclic) bond motifs is 2. The van der Waals surface area contributed by atoms with Crippen LogP contribution in [-0.2, 0) is 13.0 Å².